The molecule has 0 aromatic heterocycles. The normalized spacial score (nSPS) is 24.0. The van der Waals surface area contributed by atoms with Crippen molar-refractivity contribution in [2.75, 3.05) is 0 Å². The van der Waals surface area contributed by atoms with Crippen molar-refractivity contribution in [1.82, 2.24) is 0 Å². The molecule has 0 amide bonds. The van der Waals surface area contributed by atoms with E-state index in [2.05, 4.69) is 78.5 Å². The summed E-state index contributed by atoms with van der Waals surface area (Å²) in [5, 5.41) is 0. The van der Waals surface area contributed by atoms with Crippen molar-refractivity contribution in [1.29, 1.82) is 0 Å². The number of hydrogen-bond acceptors (Lipinski definition) is 0. The van der Waals surface area contributed by atoms with Crippen LogP contribution >= 0.6 is 9.24 Å². The fourth-order valence-electron chi connectivity index (χ4n) is 3.54. The van der Waals surface area contributed by atoms with Crippen LogP contribution in [0.1, 0.15) is 40.0 Å². The zero-order valence-corrected chi connectivity index (χ0v) is 15.9. The first-order valence-electron chi connectivity index (χ1n) is 8.94. The number of benzene rings is 2. The van der Waals surface area contributed by atoms with Crippen molar-refractivity contribution in [2.24, 2.45) is 17.8 Å². The van der Waals surface area contributed by atoms with Gasteiger partial charge in [0.1, 0.15) is 0 Å². The lowest BCUT2D eigenvalue weighted by Gasteiger charge is -2.34. The molecule has 3 rings (SSSR count). The molecule has 23 heavy (non-hydrogen) atoms. The predicted molar refractivity (Wildman–Crippen MR) is 107 cm³/mol. The van der Waals surface area contributed by atoms with E-state index in [1.165, 1.54) is 30.4 Å². The minimum absolute atomic E-state index is 0.880. The fourth-order valence-corrected chi connectivity index (χ4v) is 4.64. The molecule has 124 valence electrons. The summed E-state index contributed by atoms with van der Waals surface area (Å²) in [4.78, 5) is 0. The molecule has 1 aliphatic rings. The Morgan fingerprint density at radius 1 is 0.826 bits per heavy atom. The molecule has 1 fully saturated rings. The van der Waals surface area contributed by atoms with Gasteiger partial charge in [-0.25, -0.2) is 0 Å². The van der Waals surface area contributed by atoms with Crippen LogP contribution in [0.4, 0.5) is 0 Å². The van der Waals surface area contributed by atoms with Gasteiger partial charge in [0.25, 0.3) is 0 Å². The fraction of sp³-hybridized carbons (Fsp3) is 0.455. The van der Waals surface area contributed by atoms with E-state index in [4.69, 9.17) is 0 Å². The van der Waals surface area contributed by atoms with Crippen LogP contribution in [-0.2, 0) is 0 Å². The van der Waals surface area contributed by atoms with Crippen LogP contribution in [-0.4, -0.2) is 5.66 Å². The Balaban J connectivity index is 0.000000168. The smallest absolute Gasteiger partial charge is 0.0184 e. The largest absolute Gasteiger partial charge is 0.134 e. The van der Waals surface area contributed by atoms with E-state index < -0.39 is 0 Å². The van der Waals surface area contributed by atoms with Crippen molar-refractivity contribution >= 4 is 9.24 Å². The zero-order chi connectivity index (χ0) is 16.7. The maximum atomic E-state index is 3.04. The SMILES string of the molecule is CC1CCC(C(C)C)C(P)C1.c1ccc(-c2ccccc2)cc1. The average Bonchev–Trinajstić information content (AvgIpc) is 2.57. The Bertz CT molecular complexity index is 509. The van der Waals surface area contributed by atoms with E-state index in [0.29, 0.717) is 0 Å². The molecule has 0 heterocycles. The van der Waals surface area contributed by atoms with Gasteiger partial charge in [-0.3, -0.25) is 0 Å². The van der Waals surface area contributed by atoms with Crippen LogP contribution in [0.2, 0.25) is 0 Å². The quantitative estimate of drug-likeness (QED) is 0.540. The van der Waals surface area contributed by atoms with Crippen LogP contribution in [0.15, 0.2) is 60.7 Å². The summed E-state index contributed by atoms with van der Waals surface area (Å²) in [6, 6.07) is 20.8. The lowest BCUT2D eigenvalue weighted by molar-refractivity contribution is 0.244. The van der Waals surface area contributed by atoms with Crippen LogP contribution < -0.4 is 0 Å². The average molecular weight is 326 g/mol. The Hall–Kier alpha value is -1.13. The van der Waals surface area contributed by atoms with E-state index in [-0.39, 0.29) is 0 Å². The third-order valence-corrected chi connectivity index (χ3v) is 5.72. The molecule has 2 aromatic rings. The monoisotopic (exact) mass is 326 g/mol. The van der Waals surface area contributed by atoms with Gasteiger partial charge in [0.05, 0.1) is 0 Å². The van der Waals surface area contributed by atoms with Gasteiger partial charge in [0.15, 0.2) is 0 Å². The van der Waals surface area contributed by atoms with Gasteiger partial charge in [-0.1, -0.05) is 87.9 Å². The first-order chi connectivity index (χ1) is 11.1. The van der Waals surface area contributed by atoms with Gasteiger partial charge < -0.3 is 0 Å². The Morgan fingerprint density at radius 3 is 1.70 bits per heavy atom. The molecule has 4 atom stereocenters. The lowest BCUT2D eigenvalue weighted by atomic mass is 9.77. The minimum atomic E-state index is 0.880. The Morgan fingerprint density at radius 2 is 1.30 bits per heavy atom. The molecule has 0 saturated heterocycles. The molecular formula is C22H31P. The number of rotatable bonds is 2. The second-order valence-corrected chi connectivity index (χ2v) is 8.08. The standard InChI is InChI=1S/C12H10.C10H21P/c1-3-7-11(8-4-1)12-9-5-2-6-10-12;1-7(2)9-5-4-8(3)6-10(9)11/h1-10H;7-10H,4-6,11H2,1-3H3. The molecule has 0 spiro atoms. The highest BCUT2D eigenvalue weighted by atomic mass is 31.0. The lowest BCUT2D eigenvalue weighted by Crippen LogP contribution is -2.27. The summed E-state index contributed by atoms with van der Waals surface area (Å²) in [5.41, 5.74) is 3.44. The van der Waals surface area contributed by atoms with Gasteiger partial charge in [-0.15, -0.1) is 9.24 Å². The molecule has 0 N–H and O–H groups in total. The highest BCUT2D eigenvalue weighted by molar-refractivity contribution is 7.17. The highest BCUT2D eigenvalue weighted by Gasteiger charge is 2.27. The zero-order valence-electron chi connectivity index (χ0n) is 14.8. The first kappa shape index (κ1) is 18.2. The summed E-state index contributed by atoms with van der Waals surface area (Å²) in [5.74, 6) is 2.81. The molecule has 2 aromatic carbocycles. The second-order valence-electron chi connectivity index (χ2n) is 7.22. The summed E-state index contributed by atoms with van der Waals surface area (Å²) < 4.78 is 0. The van der Waals surface area contributed by atoms with Crippen molar-refractivity contribution in [2.45, 2.75) is 45.7 Å². The van der Waals surface area contributed by atoms with Gasteiger partial charge >= 0.3 is 0 Å². The maximum absolute atomic E-state index is 3.04. The van der Waals surface area contributed by atoms with E-state index in [1.807, 2.05) is 12.1 Å². The van der Waals surface area contributed by atoms with Crippen molar-refractivity contribution in [3.63, 3.8) is 0 Å². The van der Waals surface area contributed by atoms with E-state index in [1.54, 1.807) is 0 Å². The summed E-state index contributed by atoms with van der Waals surface area (Å²) in [7, 11) is 3.04. The van der Waals surface area contributed by atoms with Crippen LogP contribution in [0.25, 0.3) is 11.1 Å². The maximum Gasteiger partial charge on any atom is -0.0184 e. The Kier molecular flexibility index (Phi) is 7.31. The molecule has 1 saturated carbocycles. The minimum Gasteiger partial charge on any atom is -0.134 e. The first-order valence-corrected chi connectivity index (χ1v) is 9.60. The molecule has 1 aliphatic carbocycles. The topological polar surface area (TPSA) is 0 Å². The van der Waals surface area contributed by atoms with Crippen LogP contribution in [0, 0.1) is 17.8 Å². The van der Waals surface area contributed by atoms with E-state index in [9.17, 15) is 0 Å². The van der Waals surface area contributed by atoms with Crippen LogP contribution in [0.3, 0.4) is 0 Å². The van der Waals surface area contributed by atoms with E-state index in [0.717, 1.165) is 23.4 Å². The van der Waals surface area contributed by atoms with Gasteiger partial charge in [-0.05, 0) is 47.4 Å². The van der Waals surface area contributed by atoms with Crippen molar-refractivity contribution in [3.8, 4) is 11.1 Å². The van der Waals surface area contributed by atoms with Crippen molar-refractivity contribution < 1.29 is 0 Å². The van der Waals surface area contributed by atoms with Crippen molar-refractivity contribution in [3.05, 3.63) is 60.7 Å². The summed E-state index contributed by atoms with van der Waals surface area (Å²) in [6.07, 6.45) is 4.33. The molecule has 0 nitrogen and oxygen atoms in total. The Labute approximate surface area is 144 Å². The molecular weight excluding hydrogens is 295 g/mol. The third-order valence-electron chi connectivity index (χ3n) is 4.95. The van der Waals surface area contributed by atoms with Gasteiger partial charge in [0, 0.05) is 0 Å². The van der Waals surface area contributed by atoms with Gasteiger partial charge in [-0.2, -0.15) is 0 Å². The summed E-state index contributed by atoms with van der Waals surface area (Å²) >= 11 is 0. The van der Waals surface area contributed by atoms with Gasteiger partial charge in [0.2, 0.25) is 0 Å². The molecule has 0 radical (unpaired) electrons. The second kappa shape index (κ2) is 9.24. The molecule has 4 unspecified atom stereocenters. The third kappa shape index (κ3) is 5.78. The molecule has 0 bridgehead atoms. The highest BCUT2D eigenvalue weighted by Crippen LogP contribution is 2.37. The van der Waals surface area contributed by atoms with E-state index >= 15 is 0 Å². The molecule has 0 aliphatic heterocycles. The predicted octanol–water partition coefficient (Wildman–Crippen LogP) is 6.68. The summed E-state index contributed by atoms with van der Waals surface area (Å²) in [6.45, 7) is 7.10. The molecule has 1 heteroatoms. The van der Waals surface area contributed by atoms with Crippen LogP contribution in [0.5, 0.6) is 0 Å². The number of hydrogen-bond donors (Lipinski definition) is 0.